The summed E-state index contributed by atoms with van der Waals surface area (Å²) in [5.74, 6) is 1.90. The molecule has 2 saturated carbocycles. The van der Waals surface area contributed by atoms with Gasteiger partial charge in [0, 0.05) is 30.9 Å². The second-order valence-electron chi connectivity index (χ2n) is 9.75. The van der Waals surface area contributed by atoms with Crippen molar-refractivity contribution in [3.8, 4) is 5.69 Å². The number of amides is 1. The maximum absolute atomic E-state index is 14.2. The number of aryl methyl sites for hydroxylation is 1. The topological polar surface area (TPSA) is 76.8 Å². The Morgan fingerprint density at radius 3 is 2.55 bits per heavy atom. The standard InChI is InChI=1S/C25H27FN6O/c1-15-17-10-20(11-17)31(22(15)6-7-24-27-13-18(14-28-24)16-2-3-16)25(33)21-12-19(26)4-5-23(21)32-29-8-9-30-32/h4-5,8-9,12-17,20,22H,2-3,6-7,10-11H2,1H3/t15-,17?,20?,22?/m1/s1. The van der Waals surface area contributed by atoms with Gasteiger partial charge in [-0.05, 0) is 73.6 Å². The Labute approximate surface area is 192 Å². The number of hydrogen-bond donors (Lipinski definition) is 0. The van der Waals surface area contributed by atoms with Gasteiger partial charge in [-0.25, -0.2) is 14.4 Å². The third kappa shape index (κ3) is 3.71. The fraction of sp³-hybridized carbons (Fsp3) is 0.480. The second-order valence-corrected chi connectivity index (χ2v) is 9.75. The van der Waals surface area contributed by atoms with Crippen LogP contribution in [0.5, 0.6) is 0 Å². The van der Waals surface area contributed by atoms with Crippen molar-refractivity contribution >= 4 is 5.91 Å². The SMILES string of the molecule is C[C@@H]1C2CC(C2)N(C(=O)c2cc(F)ccc2-n2nccn2)C1CCc1ncc(C2CC2)cn1. The number of carbonyl (C=O) groups excluding carboxylic acids is 1. The van der Waals surface area contributed by atoms with Crippen LogP contribution in [0.2, 0.25) is 0 Å². The van der Waals surface area contributed by atoms with Crippen molar-refractivity contribution in [1.82, 2.24) is 29.9 Å². The van der Waals surface area contributed by atoms with Crippen molar-refractivity contribution in [2.24, 2.45) is 11.8 Å². The van der Waals surface area contributed by atoms with Gasteiger partial charge in [0.25, 0.3) is 5.91 Å². The smallest absolute Gasteiger partial charge is 0.256 e. The molecule has 3 aromatic rings. The Balaban J connectivity index is 1.26. The molecule has 0 spiro atoms. The van der Waals surface area contributed by atoms with E-state index >= 15 is 0 Å². The largest absolute Gasteiger partial charge is 0.332 e. The molecule has 2 aromatic heterocycles. The minimum absolute atomic E-state index is 0.0726. The minimum atomic E-state index is -0.438. The van der Waals surface area contributed by atoms with Gasteiger partial charge in [0.1, 0.15) is 11.6 Å². The van der Waals surface area contributed by atoms with Gasteiger partial charge in [0.2, 0.25) is 0 Å². The lowest BCUT2D eigenvalue weighted by Crippen LogP contribution is -2.63. The highest BCUT2D eigenvalue weighted by atomic mass is 19.1. The van der Waals surface area contributed by atoms with E-state index in [2.05, 4.69) is 27.1 Å². The summed E-state index contributed by atoms with van der Waals surface area (Å²) in [7, 11) is 0. The van der Waals surface area contributed by atoms with E-state index < -0.39 is 5.82 Å². The maximum atomic E-state index is 14.2. The molecular weight excluding hydrogens is 419 g/mol. The Morgan fingerprint density at radius 2 is 1.85 bits per heavy atom. The van der Waals surface area contributed by atoms with Crippen molar-refractivity contribution in [2.45, 2.75) is 63.5 Å². The van der Waals surface area contributed by atoms with Gasteiger partial charge in [0.05, 0.1) is 23.6 Å². The normalized spacial score (nSPS) is 26.2. The molecule has 2 aliphatic carbocycles. The molecule has 4 aliphatic rings. The molecule has 170 valence electrons. The molecule has 33 heavy (non-hydrogen) atoms. The molecular formula is C25H27FN6O. The van der Waals surface area contributed by atoms with E-state index in [1.165, 1.54) is 35.3 Å². The molecule has 1 unspecified atom stereocenters. The van der Waals surface area contributed by atoms with Crippen LogP contribution in [0, 0.1) is 17.7 Å². The highest BCUT2D eigenvalue weighted by molar-refractivity contribution is 5.98. The predicted octanol–water partition coefficient (Wildman–Crippen LogP) is 3.95. The fourth-order valence-corrected chi connectivity index (χ4v) is 5.57. The van der Waals surface area contributed by atoms with E-state index in [0.29, 0.717) is 29.0 Å². The molecule has 1 amide bonds. The van der Waals surface area contributed by atoms with Crippen molar-refractivity contribution < 1.29 is 9.18 Å². The van der Waals surface area contributed by atoms with Crippen LogP contribution in [-0.4, -0.2) is 47.9 Å². The first kappa shape index (κ1) is 20.4. The van der Waals surface area contributed by atoms with Crippen molar-refractivity contribution in [3.63, 3.8) is 0 Å². The molecule has 0 N–H and O–H groups in total. The van der Waals surface area contributed by atoms with Gasteiger partial charge in [-0.15, -0.1) is 0 Å². The van der Waals surface area contributed by atoms with Crippen LogP contribution in [0.1, 0.15) is 66.7 Å². The number of piperidine rings is 2. The van der Waals surface area contributed by atoms with Gasteiger partial charge in [-0.1, -0.05) is 6.92 Å². The molecule has 1 aromatic carbocycles. The van der Waals surface area contributed by atoms with Crippen LogP contribution in [0.15, 0.2) is 43.0 Å². The zero-order valence-electron chi connectivity index (χ0n) is 18.6. The summed E-state index contributed by atoms with van der Waals surface area (Å²) in [6, 6.07) is 4.50. The highest BCUT2D eigenvalue weighted by Crippen LogP contribution is 2.48. The third-order valence-electron chi connectivity index (χ3n) is 7.75. The number of nitrogens with zero attached hydrogens (tertiary/aromatic N) is 6. The van der Waals surface area contributed by atoms with Crippen molar-refractivity contribution in [3.05, 3.63) is 65.8 Å². The van der Waals surface area contributed by atoms with Gasteiger partial charge in [-0.3, -0.25) is 4.79 Å². The number of fused-ring (bicyclic) bond motifs is 2. The molecule has 2 aliphatic heterocycles. The average Bonchev–Trinajstić information content (AvgIpc) is 3.51. The van der Waals surface area contributed by atoms with E-state index in [0.717, 1.165) is 31.5 Å². The Hall–Kier alpha value is -3.16. The van der Waals surface area contributed by atoms with E-state index in [-0.39, 0.29) is 18.0 Å². The van der Waals surface area contributed by atoms with Crippen LogP contribution in [0.4, 0.5) is 4.39 Å². The molecule has 7 rings (SSSR count). The molecule has 2 bridgehead atoms. The van der Waals surface area contributed by atoms with Gasteiger partial charge < -0.3 is 4.90 Å². The van der Waals surface area contributed by atoms with E-state index in [4.69, 9.17) is 0 Å². The summed E-state index contributed by atoms with van der Waals surface area (Å²) in [4.78, 5) is 26.4. The lowest BCUT2D eigenvalue weighted by molar-refractivity contribution is -0.0571. The number of carbonyl (C=O) groups is 1. The zero-order chi connectivity index (χ0) is 22.5. The van der Waals surface area contributed by atoms with Crippen LogP contribution in [0.3, 0.4) is 0 Å². The van der Waals surface area contributed by atoms with Crippen molar-refractivity contribution in [2.75, 3.05) is 0 Å². The summed E-state index contributed by atoms with van der Waals surface area (Å²) in [5.41, 5.74) is 2.03. The first-order valence-electron chi connectivity index (χ1n) is 11.9. The van der Waals surface area contributed by atoms with Crippen LogP contribution in [0.25, 0.3) is 5.69 Å². The van der Waals surface area contributed by atoms with E-state index in [1.807, 2.05) is 17.3 Å². The van der Waals surface area contributed by atoms with Crippen LogP contribution in [-0.2, 0) is 6.42 Å². The Bertz CT molecular complexity index is 1150. The third-order valence-corrected chi connectivity index (χ3v) is 7.75. The summed E-state index contributed by atoms with van der Waals surface area (Å²) in [6.07, 6.45) is 13.0. The quantitative estimate of drug-likeness (QED) is 0.573. The van der Waals surface area contributed by atoms with Crippen LogP contribution >= 0.6 is 0 Å². The second kappa shape index (κ2) is 8.01. The molecule has 4 fully saturated rings. The first-order valence-corrected chi connectivity index (χ1v) is 11.9. The fourth-order valence-electron chi connectivity index (χ4n) is 5.57. The molecule has 2 saturated heterocycles. The molecule has 2 atom stereocenters. The lowest BCUT2D eigenvalue weighted by Gasteiger charge is -2.57. The summed E-state index contributed by atoms with van der Waals surface area (Å²) in [6.45, 7) is 2.24. The molecule has 0 radical (unpaired) electrons. The lowest BCUT2D eigenvalue weighted by atomic mass is 9.64. The van der Waals surface area contributed by atoms with E-state index in [9.17, 15) is 9.18 Å². The van der Waals surface area contributed by atoms with Crippen LogP contribution < -0.4 is 0 Å². The minimum Gasteiger partial charge on any atom is -0.332 e. The number of hydrogen-bond acceptors (Lipinski definition) is 5. The number of benzene rings is 1. The van der Waals surface area contributed by atoms with Gasteiger partial charge >= 0.3 is 0 Å². The predicted molar refractivity (Wildman–Crippen MR) is 119 cm³/mol. The number of halogens is 1. The van der Waals surface area contributed by atoms with Gasteiger partial charge in [-0.2, -0.15) is 15.0 Å². The Morgan fingerprint density at radius 1 is 1.12 bits per heavy atom. The Kier molecular flexibility index (Phi) is 4.96. The molecule has 7 nitrogen and oxygen atoms in total. The number of aromatic nitrogens is 5. The van der Waals surface area contributed by atoms with Gasteiger partial charge in [0.15, 0.2) is 0 Å². The monoisotopic (exact) mass is 446 g/mol. The summed E-state index contributed by atoms with van der Waals surface area (Å²) in [5, 5.41) is 8.33. The zero-order valence-corrected chi connectivity index (χ0v) is 18.6. The highest BCUT2D eigenvalue weighted by Gasteiger charge is 2.50. The molecule has 4 heterocycles. The van der Waals surface area contributed by atoms with Crippen molar-refractivity contribution in [1.29, 1.82) is 0 Å². The summed E-state index contributed by atoms with van der Waals surface area (Å²) < 4.78 is 14.2. The average molecular weight is 447 g/mol. The first-order chi connectivity index (χ1) is 16.1. The maximum Gasteiger partial charge on any atom is 0.256 e. The summed E-state index contributed by atoms with van der Waals surface area (Å²) >= 11 is 0. The van der Waals surface area contributed by atoms with E-state index in [1.54, 1.807) is 18.5 Å². The molecule has 8 heteroatoms. The number of rotatable bonds is 6.